The van der Waals surface area contributed by atoms with Crippen molar-refractivity contribution in [1.29, 1.82) is 0 Å². The lowest BCUT2D eigenvalue weighted by Crippen LogP contribution is -2.51. The van der Waals surface area contributed by atoms with Gasteiger partial charge < -0.3 is 0 Å². The second-order valence-electron chi connectivity index (χ2n) is 13.5. The van der Waals surface area contributed by atoms with Gasteiger partial charge in [-0.3, -0.25) is 4.68 Å². The molecule has 8 atom stereocenters. The second-order valence-corrected chi connectivity index (χ2v) is 13.5. The minimum atomic E-state index is -2.70. The molecule has 0 aromatic carbocycles. The Morgan fingerprint density at radius 2 is 1.79 bits per heavy atom. The molecule has 4 heteroatoms. The van der Waals surface area contributed by atoms with Gasteiger partial charge in [0.1, 0.15) is 6.54 Å². The minimum absolute atomic E-state index is 0.0217. The van der Waals surface area contributed by atoms with Crippen LogP contribution in [-0.4, -0.2) is 15.7 Å². The highest BCUT2D eigenvalue weighted by molar-refractivity contribution is 5.17. The van der Waals surface area contributed by atoms with Crippen LogP contribution in [0.2, 0.25) is 0 Å². The lowest BCUT2D eigenvalue weighted by molar-refractivity contribution is -0.144. The van der Waals surface area contributed by atoms with Crippen molar-refractivity contribution < 1.29 is 8.78 Å². The van der Waals surface area contributed by atoms with E-state index in [2.05, 4.69) is 39.7 Å². The molecular formula is C29H46F2N2. The SMILES string of the molecule is CCC(C)(C)c1cnn(CC(F)(F)C2CCC3C4CCC5CC(C)CCC5C4CCC32C)c1. The van der Waals surface area contributed by atoms with Crippen LogP contribution in [0.3, 0.4) is 0 Å². The highest BCUT2D eigenvalue weighted by atomic mass is 19.3. The highest BCUT2D eigenvalue weighted by Crippen LogP contribution is 2.66. The van der Waals surface area contributed by atoms with E-state index in [1.807, 2.05) is 6.20 Å². The quantitative estimate of drug-likeness (QED) is 0.434. The molecular weight excluding hydrogens is 414 g/mol. The van der Waals surface area contributed by atoms with Crippen molar-refractivity contribution in [2.75, 3.05) is 0 Å². The summed E-state index contributed by atoms with van der Waals surface area (Å²) in [5.74, 6) is 1.48. The minimum Gasteiger partial charge on any atom is -0.266 e. The predicted molar refractivity (Wildman–Crippen MR) is 130 cm³/mol. The fraction of sp³-hybridized carbons (Fsp3) is 0.897. The molecule has 0 aliphatic heterocycles. The molecule has 5 rings (SSSR count). The number of rotatable bonds is 5. The normalized spacial score (nSPS) is 41.4. The van der Waals surface area contributed by atoms with Gasteiger partial charge in [-0.2, -0.15) is 5.10 Å². The summed E-state index contributed by atoms with van der Waals surface area (Å²) < 4.78 is 33.3. The summed E-state index contributed by atoms with van der Waals surface area (Å²) in [6, 6.07) is 0. The number of fused-ring (bicyclic) bond motifs is 5. The van der Waals surface area contributed by atoms with Gasteiger partial charge in [-0.15, -0.1) is 0 Å². The Labute approximate surface area is 200 Å². The third-order valence-corrected chi connectivity index (χ3v) is 11.4. The first-order valence-electron chi connectivity index (χ1n) is 14.0. The maximum atomic E-state index is 15.9. The zero-order chi connectivity index (χ0) is 23.6. The second kappa shape index (κ2) is 8.33. The van der Waals surface area contributed by atoms with E-state index in [9.17, 15) is 0 Å². The van der Waals surface area contributed by atoms with Crippen LogP contribution < -0.4 is 0 Å². The number of halogens is 2. The van der Waals surface area contributed by atoms with Crippen LogP contribution in [0.15, 0.2) is 12.4 Å². The van der Waals surface area contributed by atoms with E-state index in [0.29, 0.717) is 18.3 Å². The Bertz CT molecular complexity index is 844. The molecule has 4 aliphatic carbocycles. The average Bonchev–Trinajstić information content (AvgIpc) is 3.37. The molecule has 2 nitrogen and oxygen atoms in total. The van der Waals surface area contributed by atoms with Gasteiger partial charge >= 0.3 is 0 Å². The maximum absolute atomic E-state index is 15.9. The zero-order valence-electron chi connectivity index (χ0n) is 21.6. The van der Waals surface area contributed by atoms with Crippen molar-refractivity contribution in [3.05, 3.63) is 18.0 Å². The standard InChI is InChI=1S/C29H46F2N2/c1-6-27(3,4)21-16-32-33(17-21)18-29(30,31)26-12-11-25-24-10-8-20-15-19(2)7-9-22(20)23(24)13-14-28(25,26)5/h16-17,19-20,22-26H,6-15,18H2,1-5H3. The Balaban J connectivity index is 1.32. The fourth-order valence-electron chi connectivity index (χ4n) is 9.11. The van der Waals surface area contributed by atoms with E-state index in [-0.39, 0.29) is 17.4 Å². The lowest BCUT2D eigenvalue weighted by Gasteiger charge is -2.56. The zero-order valence-corrected chi connectivity index (χ0v) is 21.6. The summed E-state index contributed by atoms with van der Waals surface area (Å²) in [6.07, 6.45) is 15.4. The molecule has 8 unspecified atom stereocenters. The number of nitrogens with zero attached hydrogens (tertiary/aromatic N) is 2. The van der Waals surface area contributed by atoms with Gasteiger partial charge in [0.15, 0.2) is 0 Å². The van der Waals surface area contributed by atoms with E-state index in [4.69, 9.17) is 0 Å². The van der Waals surface area contributed by atoms with Crippen LogP contribution in [0.5, 0.6) is 0 Å². The largest absolute Gasteiger partial charge is 0.270 e. The van der Waals surface area contributed by atoms with Crippen LogP contribution in [0.1, 0.15) is 104 Å². The van der Waals surface area contributed by atoms with Crippen molar-refractivity contribution in [3.8, 4) is 0 Å². The van der Waals surface area contributed by atoms with Crippen LogP contribution in [0.4, 0.5) is 8.78 Å². The first-order chi connectivity index (χ1) is 15.5. The molecule has 4 fully saturated rings. The molecule has 4 aliphatic rings. The smallest absolute Gasteiger partial charge is 0.266 e. The third-order valence-electron chi connectivity index (χ3n) is 11.4. The van der Waals surface area contributed by atoms with Gasteiger partial charge in [-0.1, -0.05) is 41.0 Å². The van der Waals surface area contributed by atoms with Crippen molar-refractivity contribution in [2.45, 2.75) is 117 Å². The predicted octanol–water partition coefficient (Wildman–Crippen LogP) is 8.11. The molecule has 0 radical (unpaired) electrons. The van der Waals surface area contributed by atoms with E-state index in [0.717, 1.165) is 48.5 Å². The lowest BCUT2D eigenvalue weighted by atomic mass is 9.49. The van der Waals surface area contributed by atoms with E-state index in [1.54, 1.807) is 6.20 Å². The summed E-state index contributed by atoms with van der Waals surface area (Å²) in [5.41, 5.74) is 0.833. The Kier molecular flexibility index (Phi) is 6.01. The van der Waals surface area contributed by atoms with E-state index >= 15 is 8.78 Å². The molecule has 1 heterocycles. The number of aromatic nitrogens is 2. The summed E-state index contributed by atoms with van der Waals surface area (Å²) in [7, 11) is 0. The molecule has 1 aromatic rings. The third kappa shape index (κ3) is 3.99. The van der Waals surface area contributed by atoms with Gasteiger partial charge in [-0.25, -0.2) is 8.78 Å². The van der Waals surface area contributed by atoms with Crippen molar-refractivity contribution in [3.63, 3.8) is 0 Å². The van der Waals surface area contributed by atoms with Crippen LogP contribution in [0, 0.1) is 46.8 Å². The molecule has 1 aromatic heterocycles. The molecule has 33 heavy (non-hydrogen) atoms. The van der Waals surface area contributed by atoms with Gasteiger partial charge in [0.25, 0.3) is 5.92 Å². The molecule has 0 saturated heterocycles. The first-order valence-corrected chi connectivity index (χ1v) is 14.0. The molecule has 186 valence electrons. The average molecular weight is 461 g/mol. The van der Waals surface area contributed by atoms with Crippen molar-refractivity contribution >= 4 is 0 Å². The van der Waals surface area contributed by atoms with Crippen LogP contribution in [-0.2, 0) is 12.0 Å². The van der Waals surface area contributed by atoms with E-state index < -0.39 is 11.8 Å². The number of hydrogen-bond acceptors (Lipinski definition) is 1. The summed E-state index contributed by atoms with van der Waals surface area (Å²) in [6.45, 7) is 10.9. The van der Waals surface area contributed by atoms with Gasteiger partial charge in [0.2, 0.25) is 0 Å². The summed E-state index contributed by atoms with van der Waals surface area (Å²) >= 11 is 0. The van der Waals surface area contributed by atoms with Crippen molar-refractivity contribution in [2.24, 2.45) is 46.8 Å². The Hall–Kier alpha value is -0.930. The number of alkyl halides is 2. The van der Waals surface area contributed by atoms with Gasteiger partial charge in [-0.05, 0) is 110 Å². The molecule has 0 bridgehead atoms. The summed E-state index contributed by atoms with van der Waals surface area (Å²) in [4.78, 5) is 0. The van der Waals surface area contributed by atoms with Gasteiger partial charge in [0.05, 0.1) is 6.20 Å². The Morgan fingerprint density at radius 1 is 1.03 bits per heavy atom. The Morgan fingerprint density at radius 3 is 2.55 bits per heavy atom. The molecule has 0 N–H and O–H groups in total. The summed E-state index contributed by atoms with van der Waals surface area (Å²) in [5, 5.41) is 4.37. The molecule has 0 spiro atoms. The van der Waals surface area contributed by atoms with Crippen LogP contribution >= 0.6 is 0 Å². The highest BCUT2D eigenvalue weighted by Gasteiger charge is 2.62. The monoisotopic (exact) mass is 460 g/mol. The van der Waals surface area contributed by atoms with Crippen LogP contribution in [0.25, 0.3) is 0 Å². The fourth-order valence-corrected chi connectivity index (χ4v) is 9.11. The van der Waals surface area contributed by atoms with Gasteiger partial charge in [0, 0.05) is 12.1 Å². The maximum Gasteiger partial charge on any atom is 0.270 e. The van der Waals surface area contributed by atoms with Crippen molar-refractivity contribution in [1.82, 2.24) is 9.78 Å². The topological polar surface area (TPSA) is 17.8 Å². The molecule has 4 saturated carbocycles. The molecule has 0 amide bonds. The van der Waals surface area contributed by atoms with E-state index in [1.165, 1.54) is 43.2 Å². The first kappa shape index (κ1) is 23.8. The number of hydrogen-bond donors (Lipinski definition) is 0.